The van der Waals surface area contributed by atoms with E-state index in [4.69, 9.17) is 21.1 Å². The number of aryl methyl sites for hydroxylation is 1. The van der Waals surface area contributed by atoms with E-state index in [1.165, 1.54) is 15.8 Å². The van der Waals surface area contributed by atoms with Crippen molar-refractivity contribution in [3.8, 4) is 0 Å². The number of ether oxygens (including phenoxy) is 2. The predicted octanol–water partition coefficient (Wildman–Crippen LogP) is 1.61. The maximum absolute atomic E-state index is 10.5. The zero-order valence-electron chi connectivity index (χ0n) is 17.3. The molecule has 0 unspecified atom stereocenters. The summed E-state index contributed by atoms with van der Waals surface area (Å²) in [6.07, 6.45) is -0.0956. The maximum Gasteiger partial charge on any atom is 0.226 e. The van der Waals surface area contributed by atoms with Crippen molar-refractivity contribution < 1.29 is 19.7 Å². The zero-order valence-corrected chi connectivity index (χ0v) is 18.0. The van der Waals surface area contributed by atoms with E-state index in [2.05, 4.69) is 51.3 Å². The third kappa shape index (κ3) is 2.89. The first-order valence-corrected chi connectivity index (χ1v) is 11.0. The van der Waals surface area contributed by atoms with Crippen molar-refractivity contribution in [2.45, 2.75) is 42.8 Å². The van der Waals surface area contributed by atoms with Crippen LogP contribution in [0.15, 0.2) is 30.5 Å². The molecule has 9 nitrogen and oxygen atoms in total. The van der Waals surface area contributed by atoms with E-state index >= 15 is 0 Å². The van der Waals surface area contributed by atoms with Gasteiger partial charge in [-0.3, -0.25) is 0 Å². The Morgan fingerprint density at radius 3 is 2.84 bits per heavy atom. The Balaban J connectivity index is 1.32. The zero-order chi connectivity index (χ0) is 22.0. The number of hydrogen-bond acceptors (Lipinski definition) is 8. The van der Waals surface area contributed by atoms with E-state index in [-0.39, 0.29) is 17.3 Å². The number of nitrogens with zero attached hydrogens (tertiary/aromatic N) is 5. The lowest BCUT2D eigenvalue weighted by Gasteiger charge is -2.49. The lowest BCUT2D eigenvalue weighted by molar-refractivity contribution is -0.0590. The molecule has 4 heterocycles. The van der Waals surface area contributed by atoms with Gasteiger partial charge in [0.15, 0.2) is 11.9 Å². The van der Waals surface area contributed by atoms with Crippen LogP contribution in [0.1, 0.15) is 23.8 Å². The van der Waals surface area contributed by atoms with Gasteiger partial charge in [0.05, 0.1) is 25.3 Å². The van der Waals surface area contributed by atoms with Crippen molar-refractivity contribution >= 4 is 28.5 Å². The van der Waals surface area contributed by atoms with Crippen LogP contribution >= 0.6 is 11.6 Å². The van der Waals surface area contributed by atoms with Crippen molar-refractivity contribution in [1.82, 2.24) is 19.7 Å². The molecule has 32 heavy (non-hydrogen) atoms. The molecular weight excluding hydrogens is 434 g/mol. The highest BCUT2D eigenvalue weighted by molar-refractivity contribution is 6.28. The molecule has 6 rings (SSSR count). The van der Waals surface area contributed by atoms with Crippen LogP contribution in [0.2, 0.25) is 5.28 Å². The average Bonchev–Trinajstić information content (AvgIpc) is 3.43. The minimum Gasteiger partial charge on any atom is -0.387 e. The van der Waals surface area contributed by atoms with E-state index in [1.807, 2.05) is 0 Å². The summed E-state index contributed by atoms with van der Waals surface area (Å²) in [4.78, 5) is 11.0. The summed E-state index contributed by atoms with van der Waals surface area (Å²) in [6, 6.07) is 8.65. The summed E-state index contributed by atoms with van der Waals surface area (Å²) in [5.41, 5.74) is 3.45. The van der Waals surface area contributed by atoms with E-state index in [9.17, 15) is 10.2 Å². The average molecular weight is 457 g/mol. The van der Waals surface area contributed by atoms with Crippen LogP contribution in [0.3, 0.4) is 0 Å². The quantitative estimate of drug-likeness (QED) is 0.570. The highest BCUT2D eigenvalue weighted by Crippen LogP contribution is 2.47. The number of benzene rings is 1. The Labute approximate surface area is 189 Å². The van der Waals surface area contributed by atoms with Crippen LogP contribution in [0, 0.1) is 7.11 Å². The highest BCUT2D eigenvalue weighted by atomic mass is 35.5. The van der Waals surface area contributed by atoms with Crippen molar-refractivity contribution in [1.29, 1.82) is 0 Å². The lowest BCUT2D eigenvalue weighted by Crippen LogP contribution is -2.58. The standard InChI is InChI=1S/C22H23ClN5O4/c1-31-9-15-16(29)17(30)20(32-15)28-19-13(8-24-28)18(25-21(23)26-19)27-10-22(11-27)7-6-12-4-2-3-5-14(12)22/h2-5,8,15-17,20,29-30H,1,6-7,9-11H2/t15-,16-,17-,20-/m1/s1. The number of anilines is 1. The molecule has 3 aromatic rings. The monoisotopic (exact) mass is 456 g/mol. The summed E-state index contributed by atoms with van der Waals surface area (Å²) >= 11 is 6.29. The molecule has 167 valence electrons. The van der Waals surface area contributed by atoms with Gasteiger partial charge in [-0.1, -0.05) is 24.3 Å². The second kappa shape index (κ2) is 7.36. The van der Waals surface area contributed by atoms with Gasteiger partial charge in [-0.2, -0.15) is 15.1 Å². The van der Waals surface area contributed by atoms with Gasteiger partial charge in [0.1, 0.15) is 24.1 Å². The SMILES string of the molecule is [CH2]OC[C@H]1O[C@@H](n2ncc3c(N4CC5(CCc6ccccc65)C4)nc(Cl)nc32)[C@H](O)[C@@H]1O. The number of rotatable bonds is 4. The first-order valence-electron chi connectivity index (χ1n) is 10.6. The fourth-order valence-corrected chi connectivity index (χ4v) is 5.58. The summed E-state index contributed by atoms with van der Waals surface area (Å²) in [6.45, 7) is 1.75. The Bertz CT molecular complexity index is 1180. The number of hydrogen-bond donors (Lipinski definition) is 2. The fourth-order valence-electron chi connectivity index (χ4n) is 5.42. The molecule has 1 radical (unpaired) electrons. The number of aliphatic hydroxyl groups is 2. The van der Waals surface area contributed by atoms with E-state index < -0.39 is 24.5 Å². The molecule has 1 spiro atoms. The molecule has 2 N–H and O–H groups in total. The molecule has 2 aromatic heterocycles. The largest absolute Gasteiger partial charge is 0.387 e. The Kier molecular flexibility index (Phi) is 4.67. The third-order valence-corrected chi connectivity index (χ3v) is 7.18. The Morgan fingerprint density at radius 1 is 1.22 bits per heavy atom. The molecule has 4 atom stereocenters. The van der Waals surface area contributed by atoms with Crippen LogP contribution in [-0.2, 0) is 21.3 Å². The highest BCUT2D eigenvalue weighted by Gasteiger charge is 2.49. The Hall–Kier alpha value is -2.30. The van der Waals surface area contributed by atoms with Crippen molar-refractivity contribution in [2.24, 2.45) is 0 Å². The molecule has 1 aliphatic carbocycles. The summed E-state index contributed by atoms with van der Waals surface area (Å²) < 4.78 is 12.1. The number of halogens is 1. The minimum atomic E-state index is -1.20. The first kappa shape index (κ1) is 20.3. The maximum atomic E-state index is 10.5. The van der Waals surface area contributed by atoms with E-state index in [0.717, 1.165) is 31.3 Å². The van der Waals surface area contributed by atoms with E-state index in [0.29, 0.717) is 11.5 Å². The molecule has 0 saturated carbocycles. The fraction of sp³-hybridized carbons (Fsp3) is 0.455. The van der Waals surface area contributed by atoms with Crippen molar-refractivity contribution in [3.63, 3.8) is 0 Å². The van der Waals surface area contributed by atoms with Gasteiger partial charge in [0, 0.05) is 18.5 Å². The normalized spacial score (nSPS) is 28.4. The second-order valence-electron chi connectivity index (χ2n) is 8.85. The molecule has 0 bridgehead atoms. The van der Waals surface area contributed by atoms with Crippen LogP contribution in [-0.4, -0.2) is 68.0 Å². The number of aliphatic hydroxyl groups excluding tert-OH is 2. The van der Waals surface area contributed by atoms with Gasteiger partial charge in [0.25, 0.3) is 0 Å². The molecule has 2 fully saturated rings. The van der Waals surface area contributed by atoms with E-state index in [1.54, 1.807) is 6.20 Å². The molecule has 2 saturated heterocycles. The Morgan fingerprint density at radius 2 is 2.03 bits per heavy atom. The molecule has 10 heteroatoms. The van der Waals surface area contributed by atoms with Crippen LogP contribution in [0.25, 0.3) is 11.0 Å². The van der Waals surface area contributed by atoms with Gasteiger partial charge < -0.3 is 24.6 Å². The topological polar surface area (TPSA) is 106 Å². The van der Waals surface area contributed by atoms with Crippen LogP contribution in [0.5, 0.6) is 0 Å². The number of aromatic nitrogens is 4. The molecule has 2 aliphatic heterocycles. The smallest absolute Gasteiger partial charge is 0.226 e. The van der Waals surface area contributed by atoms with Crippen LogP contribution < -0.4 is 4.90 Å². The molecule has 0 amide bonds. The van der Waals surface area contributed by atoms with Crippen molar-refractivity contribution in [2.75, 3.05) is 24.6 Å². The van der Waals surface area contributed by atoms with Gasteiger partial charge in [0.2, 0.25) is 5.28 Å². The van der Waals surface area contributed by atoms with Gasteiger partial charge >= 0.3 is 0 Å². The lowest BCUT2D eigenvalue weighted by atomic mass is 9.75. The molecule has 3 aliphatic rings. The predicted molar refractivity (Wildman–Crippen MR) is 116 cm³/mol. The van der Waals surface area contributed by atoms with Crippen molar-refractivity contribution in [3.05, 3.63) is 54.0 Å². The molecule has 1 aromatic carbocycles. The summed E-state index contributed by atoms with van der Waals surface area (Å²) in [5, 5.41) is 26.0. The summed E-state index contributed by atoms with van der Waals surface area (Å²) in [5.74, 6) is 0.715. The molecular formula is C22H23ClN5O4. The second-order valence-corrected chi connectivity index (χ2v) is 9.19. The number of fused-ring (bicyclic) bond motifs is 3. The first-order chi connectivity index (χ1) is 15.5. The van der Waals surface area contributed by atoms with Gasteiger partial charge in [-0.15, -0.1) is 0 Å². The third-order valence-electron chi connectivity index (χ3n) is 7.01. The van der Waals surface area contributed by atoms with Gasteiger partial charge in [-0.05, 0) is 35.6 Å². The minimum absolute atomic E-state index is 0.0479. The summed E-state index contributed by atoms with van der Waals surface area (Å²) in [7, 11) is 3.31. The van der Waals surface area contributed by atoms with Crippen LogP contribution in [0.4, 0.5) is 5.82 Å². The van der Waals surface area contributed by atoms with Gasteiger partial charge in [-0.25, -0.2) is 4.68 Å².